The number of carbonyl (C=O) groups excluding carboxylic acids is 1. The maximum Gasteiger partial charge on any atom is 0.459 e. The van der Waals surface area contributed by atoms with Gasteiger partial charge in [0.15, 0.2) is 11.8 Å². The first-order chi connectivity index (χ1) is 17.8. The van der Waals surface area contributed by atoms with E-state index in [0.29, 0.717) is 4.57 Å². The van der Waals surface area contributed by atoms with Crippen molar-refractivity contribution >= 4 is 13.7 Å². The van der Waals surface area contributed by atoms with Gasteiger partial charge in [0.2, 0.25) is 0 Å². The van der Waals surface area contributed by atoms with Crippen LogP contribution >= 0.6 is 7.75 Å². The fourth-order valence-corrected chi connectivity index (χ4v) is 5.50. The summed E-state index contributed by atoms with van der Waals surface area (Å²) >= 11 is 0. The number of alkyl halides is 1. The van der Waals surface area contributed by atoms with Gasteiger partial charge >= 0.3 is 19.4 Å². The minimum atomic E-state index is -4.42. The van der Waals surface area contributed by atoms with E-state index in [4.69, 9.17) is 18.5 Å². The Morgan fingerprint density at radius 3 is 2.47 bits per heavy atom. The lowest BCUT2D eigenvalue weighted by Crippen LogP contribution is -2.51. The molecular weight excluding hydrogens is 528 g/mol. The van der Waals surface area contributed by atoms with Crippen molar-refractivity contribution in [3.8, 4) is 5.75 Å². The molecule has 0 bridgehead atoms. The summed E-state index contributed by atoms with van der Waals surface area (Å²) in [5.41, 5.74) is -4.39. The minimum absolute atomic E-state index is 0.116. The fraction of sp³-hybridized carbons (Fsp3) is 0.522. The summed E-state index contributed by atoms with van der Waals surface area (Å²) in [5.74, 6) is -0.625. The lowest BCUT2D eigenvalue weighted by molar-refractivity contribution is -0.149. The van der Waals surface area contributed by atoms with Crippen LogP contribution in [0.25, 0.3) is 0 Å². The molecule has 1 unspecified atom stereocenters. The average Bonchev–Trinajstić information content (AvgIpc) is 3.10. The maximum absolute atomic E-state index is 14.0. The van der Waals surface area contributed by atoms with Gasteiger partial charge in [-0.1, -0.05) is 18.2 Å². The third-order valence-electron chi connectivity index (χ3n) is 5.65. The number of rotatable bonds is 11. The molecule has 1 aliphatic heterocycles. The number of aliphatic hydroxyl groups is 2. The van der Waals surface area contributed by atoms with Crippen LogP contribution in [0.1, 0.15) is 33.9 Å². The van der Waals surface area contributed by atoms with Crippen LogP contribution in [-0.4, -0.2) is 68.5 Å². The number of hydrogen-bond donors (Lipinski definition) is 4. The molecule has 0 radical (unpaired) electrons. The van der Waals surface area contributed by atoms with E-state index in [0.717, 1.165) is 12.3 Å². The van der Waals surface area contributed by atoms with Crippen LogP contribution in [0.5, 0.6) is 5.75 Å². The summed E-state index contributed by atoms with van der Waals surface area (Å²) in [7, 11) is -4.42. The van der Waals surface area contributed by atoms with Gasteiger partial charge in [0.25, 0.3) is 5.56 Å². The normalized spacial score (nSPS) is 26.5. The van der Waals surface area contributed by atoms with Gasteiger partial charge in [-0.2, -0.15) is 5.09 Å². The van der Waals surface area contributed by atoms with E-state index in [1.54, 1.807) is 32.0 Å². The predicted octanol–water partition coefficient (Wildman–Crippen LogP) is 1.02. The molecule has 1 aromatic carbocycles. The zero-order chi connectivity index (χ0) is 28.3. The Balaban J connectivity index is 1.89. The highest BCUT2D eigenvalue weighted by molar-refractivity contribution is 7.52. The van der Waals surface area contributed by atoms with Gasteiger partial charge in [0.1, 0.15) is 30.7 Å². The van der Waals surface area contributed by atoms with Gasteiger partial charge in [0, 0.05) is 12.3 Å². The molecule has 0 saturated carbocycles. The molecule has 2 heterocycles. The summed E-state index contributed by atoms with van der Waals surface area (Å²) in [4.78, 5) is 38.0. The van der Waals surface area contributed by atoms with Crippen LogP contribution in [0.4, 0.5) is 4.39 Å². The number of ether oxygens (including phenoxy) is 2. The average molecular weight is 559 g/mol. The Bertz CT molecular complexity index is 1270. The number of aromatic nitrogens is 2. The monoisotopic (exact) mass is 559 g/mol. The molecule has 0 spiro atoms. The highest BCUT2D eigenvalue weighted by atomic mass is 31.2. The molecule has 13 nitrogen and oxygen atoms in total. The molecule has 1 aromatic heterocycles. The number of benzene rings is 1. The first-order valence-electron chi connectivity index (χ1n) is 11.7. The number of aromatic amines is 1. The van der Waals surface area contributed by atoms with Crippen LogP contribution in [0.3, 0.4) is 0 Å². The van der Waals surface area contributed by atoms with E-state index < -0.39 is 73.9 Å². The van der Waals surface area contributed by atoms with Gasteiger partial charge in [-0.25, -0.2) is 13.8 Å². The quantitative estimate of drug-likeness (QED) is 0.228. The highest BCUT2D eigenvalue weighted by Gasteiger charge is 2.59. The van der Waals surface area contributed by atoms with Crippen molar-refractivity contribution in [1.82, 2.24) is 14.6 Å². The van der Waals surface area contributed by atoms with Crippen LogP contribution in [0, 0.1) is 0 Å². The van der Waals surface area contributed by atoms with Crippen molar-refractivity contribution < 1.29 is 42.5 Å². The number of para-hydroxylation sites is 1. The van der Waals surface area contributed by atoms with Crippen LogP contribution in [-0.2, 0) is 23.4 Å². The molecule has 38 heavy (non-hydrogen) atoms. The molecule has 1 aliphatic rings. The number of nitrogens with zero attached hydrogens (tertiary/aromatic N) is 1. The number of halogens is 1. The molecular formula is C23H31FN3O10P. The Morgan fingerprint density at radius 2 is 1.89 bits per heavy atom. The number of carbonyl (C=O) groups is 1. The molecule has 2 aromatic rings. The number of H-pyrrole nitrogens is 1. The number of aliphatic hydroxyl groups excluding tert-OH is 1. The second-order valence-corrected chi connectivity index (χ2v) is 10.7. The van der Waals surface area contributed by atoms with E-state index in [2.05, 4.69) is 5.09 Å². The molecule has 0 amide bonds. The van der Waals surface area contributed by atoms with Crippen molar-refractivity contribution in [3.63, 3.8) is 0 Å². The lowest BCUT2D eigenvalue weighted by atomic mass is 9.93. The number of hydrogen-bond acceptors (Lipinski definition) is 10. The van der Waals surface area contributed by atoms with Gasteiger partial charge in [0.05, 0.1) is 12.2 Å². The maximum atomic E-state index is 14.0. The zero-order valence-electron chi connectivity index (χ0n) is 21.1. The van der Waals surface area contributed by atoms with Gasteiger partial charge in [-0.15, -0.1) is 0 Å². The summed E-state index contributed by atoms with van der Waals surface area (Å²) in [5, 5.41) is 24.2. The highest BCUT2D eigenvalue weighted by Crippen LogP contribution is 2.49. The Morgan fingerprint density at radius 1 is 1.24 bits per heavy atom. The number of nitrogens with one attached hydrogen (secondary N) is 2. The molecule has 4 N–H and O–H groups in total. The van der Waals surface area contributed by atoms with Crippen LogP contribution < -0.4 is 20.9 Å². The van der Waals surface area contributed by atoms with Crippen molar-refractivity contribution in [2.45, 2.75) is 70.0 Å². The molecule has 210 valence electrons. The summed E-state index contributed by atoms with van der Waals surface area (Å²) in [6, 6.07) is 7.67. The van der Waals surface area contributed by atoms with Gasteiger partial charge < -0.3 is 24.2 Å². The number of esters is 1. The Kier molecular flexibility index (Phi) is 9.29. The topological polar surface area (TPSA) is 178 Å². The zero-order valence-corrected chi connectivity index (χ0v) is 22.0. The standard InChI is InChI=1S/C23H31FN3O10P/c1-13(2)34-20(30)14(3)26-38(33,37-16-8-6-5-7-9-16)36-15(4)18-19(29)23(32,12-24)21(35-18)27-11-10-17(28)25-22(27)31/h5-11,13-15,18-19,21,29,32H,12H2,1-4H3,(H,26,33)(H,25,28,31)/t14-,15-,18+,19?,21+,23+,38+/m0/s1. The smallest absolute Gasteiger partial charge is 0.459 e. The van der Waals surface area contributed by atoms with E-state index >= 15 is 0 Å². The van der Waals surface area contributed by atoms with Crippen LogP contribution in [0.2, 0.25) is 0 Å². The van der Waals surface area contributed by atoms with Crippen molar-refractivity contribution in [2.75, 3.05) is 6.67 Å². The Labute approximate surface area is 217 Å². The second kappa shape index (κ2) is 11.9. The predicted molar refractivity (Wildman–Crippen MR) is 131 cm³/mol. The molecule has 1 fully saturated rings. The third kappa shape index (κ3) is 6.57. The third-order valence-corrected chi connectivity index (χ3v) is 7.41. The van der Waals surface area contributed by atoms with Crippen molar-refractivity contribution in [2.24, 2.45) is 0 Å². The van der Waals surface area contributed by atoms with E-state index in [9.17, 15) is 33.6 Å². The first-order valence-corrected chi connectivity index (χ1v) is 13.3. The largest absolute Gasteiger partial charge is 0.462 e. The minimum Gasteiger partial charge on any atom is -0.462 e. The van der Waals surface area contributed by atoms with E-state index in [1.807, 2.05) is 4.98 Å². The Hall–Kier alpha value is -2.87. The molecule has 1 saturated heterocycles. The fourth-order valence-electron chi connectivity index (χ4n) is 3.80. The summed E-state index contributed by atoms with van der Waals surface area (Å²) in [6.45, 7) is 4.42. The summed E-state index contributed by atoms with van der Waals surface area (Å²) < 4.78 is 50.5. The molecule has 7 atom stereocenters. The molecule has 3 rings (SSSR count). The van der Waals surface area contributed by atoms with Gasteiger partial charge in [-0.05, 0) is 39.8 Å². The van der Waals surface area contributed by atoms with Crippen LogP contribution in [0.15, 0.2) is 52.2 Å². The van der Waals surface area contributed by atoms with E-state index in [1.165, 1.54) is 26.0 Å². The van der Waals surface area contributed by atoms with Crippen molar-refractivity contribution in [3.05, 3.63) is 63.4 Å². The molecule has 15 heteroatoms. The SMILES string of the molecule is CC(C)OC(=O)[C@H](C)N[P@](=O)(Oc1ccccc1)O[C@@H](C)[C@H]1O[C@@H](n2ccc(=O)[nH]c2=O)[C@@](O)(CF)C1O. The first kappa shape index (κ1) is 29.7. The molecule has 0 aliphatic carbocycles. The lowest BCUT2D eigenvalue weighted by Gasteiger charge is -2.30. The summed E-state index contributed by atoms with van der Waals surface area (Å²) in [6.07, 6.45) is -6.12. The second-order valence-electron chi connectivity index (χ2n) is 9.09. The van der Waals surface area contributed by atoms with Crippen molar-refractivity contribution in [1.29, 1.82) is 0 Å². The van der Waals surface area contributed by atoms with Gasteiger partial charge in [-0.3, -0.25) is 23.7 Å². The van der Waals surface area contributed by atoms with E-state index in [-0.39, 0.29) is 5.75 Å².